The highest BCUT2D eigenvalue weighted by molar-refractivity contribution is 14.0. The number of carbonyl (C=O) groups excluding carboxylic acids is 2. The van der Waals surface area contributed by atoms with E-state index in [-0.39, 0.29) is 48.0 Å². The summed E-state index contributed by atoms with van der Waals surface area (Å²) in [5.74, 6) is 0.510. The predicted octanol–water partition coefficient (Wildman–Crippen LogP) is 2.72. The lowest BCUT2D eigenvalue weighted by Gasteiger charge is -2.27. The van der Waals surface area contributed by atoms with Gasteiger partial charge in [0.1, 0.15) is 5.60 Å². The second-order valence-electron chi connectivity index (χ2n) is 8.71. The maximum Gasteiger partial charge on any atom is 0.407 e. The topological polar surface area (TPSA) is 95.1 Å². The van der Waals surface area contributed by atoms with Gasteiger partial charge in [0.25, 0.3) is 0 Å². The molecule has 0 saturated carbocycles. The molecule has 0 aliphatic heterocycles. The molecule has 28 heavy (non-hydrogen) atoms. The van der Waals surface area contributed by atoms with Gasteiger partial charge in [0, 0.05) is 32.2 Å². The van der Waals surface area contributed by atoms with E-state index in [1.807, 2.05) is 41.5 Å². The molecular weight excluding hydrogens is 473 g/mol. The van der Waals surface area contributed by atoms with E-state index in [0.717, 1.165) is 12.8 Å². The number of nitrogens with zero attached hydrogens (tertiary/aromatic N) is 2. The molecule has 0 aliphatic rings. The van der Waals surface area contributed by atoms with Crippen LogP contribution in [-0.4, -0.2) is 67.2 Å². The number of ether oxygens (including phenoxy) is 1. The zero-order valence-corrected chi connectivity index (χ0v) is 21.3. The van der Waals surface area contributed by atoms with E-state index < -0.39 is 11.7 Å². The van der Waals surface area contributed by atoms with Crippen molar-refractivity contribution in [2.75, 3.05) is 27.2 Å². The second kappa shape index (κ2) is 13.1. The minimum absolute atomic E-state index is 0. The Morgan fingerprint density at radius 3 is 2.14 bits per heavy atom. The normalized spacial score (nSPS) is 13.1. The van der Waals surface area contributed by atoms with Crippen LogP contribution >= 0.6 is 24.0 Å². The lowest BCUT2D eigenvalue weighted by molar-refractivity contribution is -0.122. The third-order valence-corrected chi connectivity index (χ3v) is 3.33. The monoisotopic (exact) mass is 513 g/mol. The average molecular weight is 513 g/mol. The first-order valence-electron chi connectivity index (χ1n) is 9.49. The van der Waals surface area contributed by atoms with Crippen molar-refractivity contribution in [1.29, 1.82) is 0 Å². The summed E-state index contributed by atoms with van der Waals surface area (Å²) in [7, 11) is 3.46. The fourth-order valence-electron chi connectivity index (χ4n) is 2.40. The molecule has 0 aromatic rings. The third-order valence-electron chi connectivity index (χ3n) is 3.33. The number of nitrogens with one attached hydrogen (secondary N) is 3. The van der Waals surface area contributed by atoms with Crippen molar-refractivity contribution in [3.63, 3.8) is 0 Å². The van der Waals surface area contributed by atoms with Crippen LogP contribution in [0.4, 0.5) is 4.79 Å². The summed E-state index contributed by atoms with van der Waals surface area (Å²) in [4.78, 5) is 30.1. The molecule has 0 radical (unpaired) electrons. The number of hydrogen-bond acceptors (Lipinski definition) is 4. The molecule has 166 valence electrons. The number of likely N-dealkylation sites (N-methyl/N-ethyl adjacent to an activating group) is 1. The maximum atomic E-state index is 12.1. The van der Waals surface area contributed by atoms with Crippen LogP contribution in [0.1, 0.15) is 61.3 Å². The van der Waals surface area contributed by atoms with Gasteiger partial charge < -0.3 is 25.6 Å². The maximum absolute atomic E-state index is 12.1. The third kappa shape index (κ3) is 14.8. The SMILES string of the molecule is CCCC(CNC(=NC)N(C)CC(=O)NC(C)(C)C)NC(=O)OC(C)(C)C.I. The number of carbonyl (C=O) groups is 2. The highest BCUT2D eigenvalue weighted by Gasteiger charge is 2.20. The van der Waals surface area contributed by atoms with Crippen molar-refractivity contribution in [2.24, 2.45) is 4.99 Å². The molecule has 1 unspecified atom stereocenters. The molecule has 0 spiro atoms. The van der Waals surface area contributed by atoms with Crippen molar-refractivity contribution in [3.05, 3.63) is 0 Å². The number of alkyl carbamates (subject to hydrolysis) is 1. The molecule has 9 heteroatoms. The average Bonchev–Trinajstić information content (AvgIpc) is 2.43. The molecule has 0 rings (SSSR count). The van der Waals surface area contributed by atoms with Gasteiger partial charge >= 0.3 is 6.09 Å². The van der Waals surface area contributed by atoms with E-state index >= 15 is 0 Å². The van der Waals surface area contributed by atoms with Crippen molar-refractivity contribution in [3.8, 4) is 0 Å². The summed E-state index contributed by atoms with van der Waals surface area (Å²) in [5.41, 5.74) is -0.816. The molecule has 0 aliphatic carbocycles. The van der Waals surface area contributed by atoms with Crippen molar-refractivity contribution in [1.82, 2.24) is 20.9 Å². The van der Waals surface area contributed by atoms with E-state index in [4.69, 9.17) is 4.74 Å². The van der Waals surface area contributed by atoms with Crippen LogP contribution in [0, 0.1) is 0 Å². The first kappa shape index (κ1) is 28.9. The Balaban J connectivity index is 0. The van der Waals surface area contributed by atoms with Crippen molar-refractivity contribution in [2.45, 2.75) is 78.5 Å². The largest absolute Gasteiger partial charge is 0.444 e. The molecule has 0 bridgehead atoms. The Bertz CT molecular complexity index is 513. The van der Waals surface area contributed by atoms with Crippen molar-refractivity contribution >= 4 is 41.9 Å². The first-order chi connectivity index (χ1) is 12.3. The van der Waals surface area contributed by atoms with Gasteiger partial charge in [0.05, 0.1) is 6.54 Å². The van der Waals surface area contributed by atoms with Crippen LogP contribution in [0.25, 0.3) is 0 Å². The Labute approximate surface area is 187 Å². The number of amides is 2. The standard InChI is InChI=1S/C19H39N5O3.HI/c1-10-11-14(22-17(26)27-19(5,6)7)12-21-16(20-8)24(9)13-15(25)23-18(2,3)4;/h14H,10-13H2,1-9H3,(H,20,21)(H,22,26)(H,23,25);1H. The first-order valence-corrected chi connectivity index (χ1v) is 9.49. The fourth-order valence-corrected chi connectivity index (χ4v) is 2.40. The van der Waals surface area contributed by atoms with Crippen LogP contribution in [-0.2, 0) is 9.53 Å². The lowest BCUT2D eigenvalue weighted by atomic mass is 10.1. The summed E-state index contributed by atoms with van der Waals surface area (Å²) in [6, 6.07) is -0.0987. The van der Waals surface area contributed by atoms with Crippen molar-refractivity contribution < 1.29 is 14.3 Å². The molecular formula is C19H40IN5O3. The minimum Gasteiger partial charge on any atom is -0.444 e. The number of hydrogen-bond donors (Lipinski definition) is 3. The molecule has 0 aromatic heterocycles. The van der Waals surface area contributed by atoms with E-state index in [1.54, 1.807) is 19.0 Å². The number of aliphatic imine (C=N–C) groups is 1. The molecule has 0 heterocycles. The van der Waals surface area contributed by atoms with Gasteiger partial charge in [0.15, 0.2) is 5.96 Å². The molecule has 3 N–H and O–H groups in total. The molecule has 0 saturated heterocycles. The van der Waals surface area contributed by atoms with Gasteiger partial charge in [-0.2, -0.15) is 0 Å². The van der Waals surface area contributed by atoms with Gasteiger partial charge in [-0.25, -0.2) is 4.79 Å². The van der Waals surface area contributed by atoms with Gasteiger partial charge in [-0.3, -0.25) is 9.79 Å². The smallest absolute Gasteiger partial charge is 0.407 e. The Morgan fingerprint density at radius 2 is 1.71 bits per heavy atom. The van der Waals surface area contributed by atoms with Gasteiger partial charge in [-0.05, 0) is 48.0 Å². The fraction of sp³-hybridized carbons (Fsp3) is 0.842. The highest BCUT2D eigenvalue weighted by Crippen LogP contribution is 2.07. The van der Waals surface area contributed by atoms with Crippen LogP contribution < -0.4 is 16.0 Å². The van der Waals surface area contributed by atoms with E-state index in [2.05, 4.69) is 27.9 Å². The molecule has 8 nitrogen and oxygen atoms in total. The predicted molar refractivity (Wildman–Crippen MR) is 125 cm³/mol. The summed E-state index contributed by atoms with van der Waals surface area (Å²) < 4.78 is 5.32. The minimum atomic E-state index is -0.537. The number of guanidine groups is 1. The zero-order chi connectivity index (χ0) is 21.3. The summed E-state index contributed by atoms with van der Waals surface area (Å²) in [6.07, 6.45) is 1.29. The molecule has 0 aromatic carbocycles. The molecule has 1 atom stereocenters. The van der Waals surface area contributed by atoms with E-state index in [1.165, 1.54) is 0 Å². The summed E-state index contributed by atoms with van der Waals surface area (Å²) in [6.45, 7) is 14.1. The number of rotatable bonds is 7. The Kier molecular flexibility index (Phi) is 13.5. The van der Waals surface area contributed by atoms with Crippen LogP contribution in [0.5, 0.6) is 0 Å². The van der Waals surface area contributed by atoms with Gasteiger partial charge in [0.2, 0.25) is 5.91 Å². The van der Waals surface area contributed by atoms with Gasteiger partial charge in [-0.1, -0.05) is 13.3 Å². The van der Waals surface area contributed by atoms with Crippen LogP contribution in [0.3, 0.4) is 0 Å². The summed E-state index contributed by atoms with van der Waals surface area (Å²) in [5, 5.41) is 9.03. The Morgan fingerprint density at radius 1 is 1.14 bits per heavy atom. The molecule has 0 fully saturated rings. The van der Waals surface area contributed by atoms with E-state index in [9.17, 15) is 9.59 Å². The second-order valence-corrected chi connectivity index (χ2v) is 8.71. The number of halogens is 1. The van der Waals surface area contributed by atoms with Gasteiger partial charge in [-0.15, -0.1) is 24.0 Å². The lowest BCUT2D eigenvalue weighted by Crippen LogP contribution is -2.51. The quantitative estimate of drug-likeness (QED) is 0.277. The summed E-state index contributed by atoms with van der Waals surface area (Å²) >= 11 is 0. The van der Waals surface area contributed by atoms with Crippen LogP contribution in [0.15, 0.2) is 4.99 Å². The van der Waals surface area contributed by atoms with E-state index in [0.29, 0.717) is 12.5 Å². The Hall–Kier alpha value is -1.26. The highest BCUT2D eigenvalue weighted by atomic mass is 127. The van der Waals surface area contributed by atoms with Crippen LogP contribution in [0.2, 0.25) is 0 Å². The zero-order valence-electron chi connectivity index (χ0n) is 18.9. The molecule has 2 amide bonds.